The Hall–Kier alpha value is -0.910. The summed E-state index contributed by atoms with van der Waals surface area (Å²) in [6.45, 7) is 2.37. The molecule has 0 fully saturated rings. The van der Waals surface area contributed by atoms with E-state index in [1.54, 1.807) is 11.3 Å². The van der Waals surface area contributed by atoms with E-state index in [1.807, 2.05) is 11.4 Å². The van der Waals surface area contributed by atoms with Gasteiger partial charge in [-0.15, -0.1) is 11.3 Å². The van der Waals surface area contributed by atoms with Gasteiger partial charge >= 0.3 is 5.97 Å². The highest BCUT2D eigenvalue weighted by Crippen LogP contribution is 2.08. The molecule has 0 saturated carbocycles. The minimum atomic E-state index is -1.45. The van der Waals surface area contributed by atoms with E-state index in [4.69, 9.17) is 0 Å². The highest BCUT2D eigenvalue weighted by molar-refractivity contribution is 7.09. The summed E-state index contributed by atoms with van der Waals surface area (Å²) in [4.78, 5) is 12.4. The number of rotatable bonds is 6. The average Bonchev–Trinajstić information content (AvgIpc) is 2.76. The van der Waals surface area contributed by atoms with Crippen molar-refractivity contribution in [1.82, 2.24) is 5.32 Å². The molecular formula is C11H17NO3S. The van der Waals surface area contributed by atoms with Gasteiger partial charge in [-0.2, -0.15) is 0 Å². The fourth-order valence-corrected chi connectivity index (χ4v) is 2.00. The van der Waals surface area contributed by atoms with Gasteiger partial charge in [0.05, 0.1) is 7.11 Å². The Kier molecular flexibility index (Phi) is 4.92. The Morgan fingerprint density at radius 2 is 2.44 bits per heavy atom. The Morgan fingerprint density at radius 3 is 3.00 bits per heavy atom. The first kappa shape index (κ1) is 13.2. The van der Waals surface area contributed by atoms with Crippen LogP contribution >= 0.6 is 11.3 Å². The van der Waals surface area contributed by atoms with Crippen LogP contribution < -0.4 is 5.32 Å². The van der Waals surface area contributed by atoms with Gasteiger partial charge < -0.3 is 15.2 Å². The third-order valence-electron chi connectivity index (χ3n) is 2.22. The molecule has 16 heavy (non-hydrogen) atoms. The van der Waals surface area contributed by atoms with Crippen LogP contribution in [0.2, 0.25) is 0 Å². The number of thiophene rings is 1. The number of ether oxygens (including phenoxy) is 1. The second-order valence-electron chi connectivity index (χ2n) is 3.77. The molecule has 0 aliphatic heterocycles. The van der Waals surface area contributed by atoms with Gasteiger partial charge in [0.1, 0.15) is 0 Å². The van der Waals surface area contributed by atoms with Crippen LogP contribution in [0.4, 0.5) is 0 Å². The van der Waals surface area contributed by atoms with Gasteiger partial charge in [-0.1, -0.05) is 6.07 Å². The lowest BCUT2D eigenvalue weighted by atomic mass is 10.1. The van der Waals surface area contributed by atoms with Gasteiger partial charge in [0.25, 0.3) is 0 Å². The fourth-order valence-electron chi connectivity index (χ4n) is 1.29. The zero-order valence-electron chi connectivity index (χ0n) is 9.53. The van der Waals surface area contributed by atoms with Crippen molar-refractivity contribution in [2.24, 2.45) is 0 Å². The maximum atomic E-state index is 11.1. The molecule has 0 aromatic carbocycles. The molecule has 2 N–H and O–H groups in total. The van der Waals surface area contributed by atoms with E-state index < -0.39 is 11.6 Å². The zero-order valence-corrected chi connectivity index (χ0v) is 10.3. The van der Waals surface area contributed by atoms with E-state index in [9.17, 15) is 9.90 Å². The molecule has 1 heterocycles. The Morgan fingerprint density at radius 1 is 1.69 bits per heavy atom. The molecule has 5 heteroatoms. The quantitative estimate of drug-likeness (QED) is 0.573. The lowest BCUT2D eigenvalue weighted by Gasteiger charge is -2.20. The SMILES string of the molecule is COC(=O)C(C)(O)CNCCc1cccs1. The summed E-state index contributed by atoms with van der Waals surface area (Å²) in [6.07, 6.45) is 0.898. The molecule has 0 radical (unpaired) electrons. The standard InChI is InChI=1S/C11H17NO3S/c1-11(14,10(13)15-2)8-12-6-5-9-4-3-7-16-9/h3-4,7,12,14H,5-6,8H2,1-2H3. The molecule has 0 bridgehead atoms. The minimum Gasteiger partial charge on any atom is -0.467 e. The third-order valence-corrected chi connectivity index (χ3v) is 3.16. The van der Waals surface area contributed by atoms with Crippen LogP contribution in [0.1, 0.15) is 11.8 Å². The number of carbonyl (C=O) groups is 1. The summed E-state index contributed by atoms with van der Waals surface area (Å²) in [5, 5.41) is 14.8. The number of nitrogens with one attached hydrogen (secondary N) is 1. The van der Waals surface area contributed by atoms with E-state index >= 15 is 0 Å². The van der Waals surface area contributed by atoms with Crippen molar-refractivity contribution in [2.45, 2.75) is 18.9 Å². The second-order valence-corrected chi connectivity index (χ2v) is 4.80. The largest absolute Gasteiger partial charge is 0.467 e. The summed E-state index contributed by atoms with van der Waals surface area (Å²) in [5.41, 5.74) is -1.45. The number of hydrogen-bond donors (Lipinski definition) is 2. The molecule has 90 valence electrons. The fraction of sp³-hybridized carbons (Fsp3) is 0.545. The topological polar surface area (TPSA) is 58.6 Å². The van der Waals surface area contributed by atoms with Crippen molar-refractivity contribution in [2.75, 3.05) is 20.2 Å². The van der Waals surface area contributed by atoms with Gasteiger partial charge in [-0.3, -0.25) is 0 Å². The Balaban J connectivity index is 2.22. The van der Waals surface area contributed by atoms with Crippen LogP contribution in [-0.2, 0) is 16.0 Å². The number of esters is 1. The predicted octanol–water partition coefficient (Wildman–Crippen LogP) is 0.804. The van der Waals surface area contributed by atoms with Crippen molar-refractivity contribution in [3.63, 3.8) is 0 Å². The third kappa shape index (κ3) is 3.92. The van der Waals surface area contributed by atoms with Gasteiger partial charge in [0.15, 0.2) is 5.60 Å². The van der Waals surface area contributed by atoms with E-state index in [0.717, 1.165) is 13.0 Å². The number of methoxy groups -OCH3 is 1. The van der Waals surface area contributed by atoms with Crippen LogP contribution in [0.25, 0.3) is 0 Å². The molecule has 0 spiro atoms. The molecule has 4 nitrogen and oxygen atoms in total. The van der Waals surface area contributed by atoms with Crippen molar-refractivity contribution < 1.29 is 14.6 Å². The van der Waals surface area contributed by atoms with Gasteiger partial charge in [-0.25, -0.2) is 4.79 Å². The monoisotopic (exact) mass is 243 g/mol. The van der Waals surface area contributed by atoms with Gasteiger partial charge in [0.2, 0.25) is 0 Å². The van der Waals surface area contributed by atoms with Crippen molar-refractivity contribution in [1.29, 1.82) is 0 Å². The molecule has 0 aliphatic carbocycles. The number of hydrogen-bond acceptors (Lipinski definition) is 5. The molecule has 0 saturated heterocycles. The highest BCUT2D eigenvalue weighted by atomic mass is 32.1. The summed E-state index contributed by atoms with van der Waals surface area (Å²) >= 11 is 1.70. The van der Waals surface area contributed by atoms with Crippen LogP contribution in [0.15, 0.2) is 17.5 Å². The summed E-state index contributed by atoms with van der Waals surface area (Å²) in [7, 11) is 1.27. The molecule has 1 rings (SSSR count). The molecule has 1 unspecified atom stereocenters. The normalized spacial score (nSPS) is 14.4. The Bertz CT molecular complexity index is 322. The summed E-state index contributed by atoms with van der Waals surface area (Å²) < 4.78 is 4.49. The highest BCUT2D eigenvalue weighted by Gasteiger charge is 2.30. The Labute approximate surface area is 99.2 Å². The zero-order chi connectivity index (χ0) is 12.0. The van der Waals surface area contributed by atoms with Gasteiger partial charge in [0, 0.05) is 18.0 Å². The average molecular weight is 243 g/mol. The molecule has 0 amide bonds. The molecular weight excluding hydrogens is 226 g/mol. The van der Waals surface area contributed by atoms with Crippen molar-refractivity contribution in [3.05, 3.63) is 22.4 Å². The van der Waals surface area contributed by atoms with Crippen molar-refractivity contribution >= 4 is 17.3 Å². The lowest BCUT2D eigenvalue weighted by molar-refractivity contribution is -0.159. The van der Waals surface area contributed by atoms with Crippen molar-refractivity contribution in [3.8, 4) is 0 Å². The molecule has 1 aromatic heterocycles. The van der Waals surface area contributed by atoms with Crippen LogP contribution in [0, 0.1) is 0 Å². The van der Waals surface area contributed by atoms with E-state index in [0.29, 0.717) is 0 Å². The van der Waals surface area contributed by atoms with Crippen LogP contribution in [0.5, 0.6) is 0 Å². The minimum absolute atomic E-state index is 0.199. The van der Waals surface area contributed by atoms with Crippen LogP contribution in [-0.4, -0.2) is 36.9 Å². The summed E-state index contributed by atoms with van der Waals surface area (Å²) in [6, 6.07) is 4.06. The lowest BCUT2D eigenvalue weighted by Crippen LogP contribution is -2.46. The van der Waals surface area contributed by atoms with E-state index in [-0.39, 0.29) is 6.54 Å². The number of carbonyl (C=O) groups excluding carboxylic acids is 1. The first-order valence-electron chi connectivity index (χ1n) is 5.10. The predicted molar refractivity (Wildman–Crippen MR) is 63.5 cm³/mol. The molecule has 1 aromatic rings. The maximum Gasteiger partial charge on any atom is 0.338 e. The number of aliphatic hydroxyl groups is 1. The first-order valence-corrected chi connectivity index (χ1v) is 5.98. The first-order chi connectivity index (χ1) is 7.56. The summed E-state index contributed by atoms with van der Waals surface area (Å²) in [5.74, 6) is -0.615. The van der Waals surface area contributed by atoms with E-state index in [1.165, 1.54) is 18.9 Å². The maximum absolute atomic E-state index is 11.1. The van der Waals surface area contributed by atoms with Gasteiger partial charge in [-0.05, 0) is 24.8 Å². The van der Waals surface area contributed by atoms with E-state index in [2.05, 4.69) is 16.1 Å². The van der Waals surface area contributed by atoms with Crippen LogP contribution in [0.3, 0.4) is 0 Å². The molecule has 1 atom stereocenters. The smallest absolute Gasteiger partial charge is 0.338 e. The molecule has 0 aliphatic rings. The second kappa shape index (κ2) is 5.98.